The fourth-order valence-corrected chi connectivity index (χ4v) is 3.34. The van der Waals surface area contributed by atoms with Gasteiger partial charge in [-0.25, -0.2) is 4.99 Å². The Labute approximate surface area is 164 Å². The number of benzene rings is 1. The van der Waals surface area contributed by atoms with Gasteiger partial charge in [-0.05, 0) is 37.6 Å². The van der Waals surface area contributed by atoms with Crippen molar-refractivity contribution in [1.29, 1.82) is 0 Å². The van der Waals surface area contributed by atoms with Crippen LogP contribution in [-0.2, 0) is 0 Å². The summed E-state index contributed by atoms with van der Waals surface area (Å²) in [6, 6.07) is 8.11. The molecule has 10 heteroatoms. The molecule has 0 aliphatic carbocycles. The SMILES string of the molecule is CC[C@@H](N=c1[nH][s+]([O-])nc1Nc1cccc(C(=O)NC)c1O)c1ccc(C)o1. The van der Waals surface area contributed by atoms with Gasteiger partial charge in [0, 0.05) is 11.4 Å². The number of carbonyl (C=O) groups is 1. The summed E-state index contributed by atoms with van der Waals surface area (Å²) in [6.07, 6.45) is 0.662. The summed E-state index contributed by atoms with van der Waals surface area (Å²) in [6.45, 7) is 3.81. The second-order valence-corrected chi connectivity index (χ2v) is 6.93. The molecule has 3 rings (SSSR count). The third-order valence-electron chi connectivity index (χ3n) is 4.10. The minimum Gasteiger partial charge on any atom is -0.548 e. The number of aromatic hydroxyl groups is 1. The van der Waals surface area contributed by atoms with E-state index in [1.54, 1.807) is 12.1 Å². The van der Waals surface area contributed by atoms with Gasteiger partial charge in [-0.2, -0.15) is 0 Å². The highest BCUT2D eigenvalue weighted by molar-refractivity contribution is 7.13. The molecule has 4 N–H and O–H groups in total. The van der Waals surface area contributed by atoms with Crippen LogP contribution in [-0.4, -0.2) is 31.4 Å². The lowest BCUT2D eigenvalue weighted by Gasteiger charge is -2.09. The monoisotopic (exact) mass is 403 g/mol. The van der Waals surface area contributed by atoms with Crippen LogP contribution in [0.2, 0.25) is 0 Å². The summed E-state index contributed by atoms with van der Waals surface area (Å²) in [5.74, 6) is 0.999. The first-order chi connectivity index (χ1) is 13.4. The van der Waals surface area contributed by atoms with Crippen molar-refractivity contribution in [2.75, 3.05) is 12.4 Å². The van der Waals surface area contributed by atoms with Crippen LogP contribution >= 0.6 is 11.1 Å². The Kier molecular flexibility index (Phi) is 5.81. The first-order valence-electron chi connectivity index (χ1n) is 8.65. The number of amides is 1. The molecule has 1 amide bonds. The number of para-hydroxylation sites is 1. The number of aromatic nitrogens is 2. The van der Waals surface area contributed by atoms with E-state index in [0.29, 0.717) is 12.2 Å². The molecule has 0 saturated heterocycles. The van der Waals surface area contributed by atoms with Gasteiger partial charge in [0.1, 0.15) is 17.6 Å². The average Bonchev–Trinajstić information content (AvgIpc) is 3.26. The van der Waals surface area contributed by atoms with Crippen LogP contribution in [0.1, 0.15) is 41.3 Å². The maximum absolute atomic E-state index is 11.9. The van der Waals surface area contributed by atoms with Gasteiger partial charge in [-0.15, -0.1) is 4.37 Å². The average molecular weight is 403 g/mol. The second-order valence-electron chi connectivity index (χ2n) is 6.05. The summed E-state index contributed by atoms with van der Waals surface area (Å²) in [5, 5.41) is 15.7. The molecule has 9 nitrogen and oxygen atoms in total. The molecule has 0 aliphatic heterocycles. The zero-order valence-corrected chi connectivity index (χ0v) is 16.5. The zero-order valence-electron chi connectivity index (χ0n) is 15.6. The number of hydrogen-bond acceptors (Lipinski definition) is 7. The van der Waals surface area contributed by atoms with E-state index in [0.717, 1.165) is 5.76 Å². The summed E-state index contributed by atoms with van der Waals surface area (Å²) in [7, 11) is 1.47. The van der Waals surface area contributed by atoms with E-state index in [4.69, 9.17) is 4.42 Å². The highest BCUT2D eigenvalue weighted by Gasteiger charge is 2.18. The number of H-pyrrole nitrogens is 1. The number of aromatic amines is 1. The fraction of sp³-hybridized carbons (Fsp3) is 0.278. The summed E-state index contributed by atoms with van der Waals surface area (Å²) in [5.41, 5.74) is 0.635. The number of phenolic OH excluding ortho intramolecular Hbond substituents is 1. The first kappa shape index (κ1) is 19.6. The molecule has 0 spiro atoms. The van der Waals surface area contributed by atoms with Crippen LogP contribution in [0.4, 0.5) is 11.5 Å². The third-order valence-corrected chi connectivity index (χ3v) is 4.82. The normalized spacial score (nSPS) is 13.4. The molecular weight excluding hydrogens is 382 g/mol. The summed E-state index contributed by atoms with van der Waals surface area (Å²) >= 11 is -1.70. The number of aryl methyl sites for hydroxylation is 1. The third kappa shape index (κ3) is 4.07. The number of nitrogens with zero attached hydrogens (tertiary/aromatic N) is 2. The number of phenols is 1. The number of nitrogens with one attached hydrogen (secondary N) is 3. The van der Waals surface area contributed by atoms with Crippen molar-refractivity contribution in [3.63, 3.8) is 0 Å². The predicted molar refractivity (Wildman–Crippen MR) is 104 cm³/mol. The van der Waals surface area contributed by atoms with Crippen LogP contribution in [0.15, 0.2) is 39.7 Å². The van der Waals surface area contributed by atoms with E-state index in [1.807, 2.05) is 26.0 Å². The molecular formula is C18H21N5O4S. The molecule has 2 heterocycles. The first-order valence-corrected chi connectivity index (χ1v) is 9.76. The number of anilines is 2. The highest BCUT2D eigenvalue weighted by atomic mass is 32.2. The lowest BCUT2D eigenvalue weighted by molar-refractivity contribution is 0.0960. The van der Waals surface area contributed by atoms with Gasteiger partial charge in [-0.1, -0.05) is 13.0 Å². The van der Waals surface area contributed by atoms with Crippen molar-refractivity contribution in [2.45, 2.75) is 26.3 Å². The van der Waals surface area contributed by atoms with Gasteiger partial charge in [-0.3, -0.25) is 4.79 Å². The van der Waals surface area contributed by atoms with Gasteiger partial charge < -0.3 is 24.7 Å². The smallest absolute Gasteiger partial charge is 0.254 e. The van der Waals surface area contributed by atoms with Crippen LogP contribution < -0.4 is 16.1 Å². The Hall–Kier alpha value is -3.11. The number of carbonyl (C=O) groups excluding carboxylic acids is 1. The topological polar surface area (TPSA) is 139 Å². The van der Waals surface area contributed by atoms with Crippen LogP contribution in [0, 0.1) is 6.92 Å². The second kappa shape index (κ2) is 8.28. The minimum absolute atomic E-state index is 0.108. The van der Waals surface area contributed by atoms with Gasteiger partial charge >= 0.3 is 0 Å². The molecule has 0 radical (unpaired) electrons. The van der Waals surface area contributed by atoms with Crippen LogP contribution in [0.5, 0.6) is 5.75 Å². The van der Waals surface area contributed by atoms with E-state index >= 15 is 0 Å². The Morgan fingerprint density at radius 1 is 1.43 bits per heavy atom. The Balaban J connectivity index is 1.98. The maximum atomic E-state index is 11.9. The van der Waals surface area contributed by atoms with Crippen molar-refractivity contribution in [3.8, 4) is 5.75 Å². The fourth-order valence-electron chi connectivity index (χ4n) is 2.68. The maximum Gasteiger partial charge on any atom is 0.254 e. The predicted octanol–water partition coefficient (Wildman–Crippen LogP) is 2.90. The van der Waals surface area contributed by atoms with Crippen molar-refractivity contribution in [1.82, 2.24) is 14.1 Å². The van der Waals surface area contributed by atoms with Crippen molar-refractivity contribution in [2.24, 2.45) is 4.99 Å². The lowest BCUT2D eigenvalue weighted by atomic mass is 10.1. The number of furan rings is 1. The molecule has 148 valence electrons. The van der Waals surface area contributed by atoms with E-state index < -0.39 is 17.0 Å². The van der Waals surface area contributed by atoms with Crippen molar-refractivity contribution in [3.05, 3.63) is 52.9 Å². The van der Waals surface area contributed by atoms with Gasteiger partial charge in [0.05, 0.1) is 11.3 Å². The largest absolute Gasteiger partial charge is 0.548 e. The Morgan fingerprint density at radius 2 is 2.21 bits per heavy atom. The van der Waals surface area contributed by atoms with Crippen molar-refractivity contribution >= 4 is 28.6 Å². The van der Waals surface area contributed by atoms with Crippen molar-refractivity contribution < 1.29 is 18.9 Å². The molecule has 0 aliphatic rings. The number of hydrogen-bond donors (Lipinski definition) is 4. The lowest BCUT2D eigenvalue weighted by Crippen LogP contribution is -2.18. The van der Waals surface area contributed by atoms with E-state index in [1.165, 1.54) is 13.1 Å². The van der Waals surface area contributed by atoms with Gasteiger partial charge in [0.2, 0.25) is 11.3 Å². The van der Waals surface area contributed by atoms with E-state index in [9.17, 15) is 14.5 Å². The molecule has 28 heavy (non-hydrogen) atoms. The quantitative estimate of drug-likeness (QED) is 0.369. The molecule has 2 aromatic heterocycles. The highest BCUT2D eigenvalue weighted by Crippen LogP contribution is 2.29. The molecule has 0 fully saturated rings. The molecule has 0 bridgehead atoms. The van der Waals surface area contributed by atoms with E-state index in [-0.39, 0.29) is 34.3 Å². The zero-order chi connectivity index (χ0) is 20.3. The molecule has 0 saturated carbocycles. The van der Waals surface area contributed by atoms with Gasteiger partial charge in [0.25, 0.3) is 5.91 Å². The van der Waals surface area contributed by atoms with Crippen LogP contribution in [0.3, 0.4) is 0 Å². The molecule has 3 aromatic rings. The van der Waals surface area contributed by atoms with Gasteiger partial charge in [0.15, 0.2) is 16.9 Å². The minimum atomic E-state index is -1.70. The Bertz CT molecular complexity index is 1050. The van der Waals surface area contributed by atoms with E-state index in [2.05, 4.69) is 24.4 Å². The van der Waals surface area contributed by atoms with Crippen LogP contribution in [0.25, 0.3) is 0 Å². The Morgan fingerprint density at radius 3 is 2.86 bits per heavy atom. The number of rotatable bonds is 6. The molecule has 1 unspecified atom stereocenters. The summed E-state index contributed by atoms with van der Waals surface area (Å²) in [4.78, 5) is 16.4. The summed E-state index contributed by atoms with van der Waals surface area (Å²) < 4.78 is 24.2. The molecule has 1 aromatic carbocycles. The standard InChI is InChI=1S/C18H21N5O4S/c1-4-12(14-9-8-10(2)27-14)20-16-17(23-28(26)22-16)21-13-7-5-6-11(15(13)24)18(25)19-3/h5-9,12,24H,4H2,1-3H3,(H,19,25)(H,20,22)(H,21,23)/t12-,28?/m1/s1. The molecule has 2 atom stereocenters.